The first-order chi connectivity index (χ1) is 8.33. The van der Waals surface area contributed by atoms with Gasteiger partial charge < -0.3 is 5.32 Å². The average molecular weight is 295 g/mol. The second kappa shape index (κ2) is 6.47. The van der Waals surface area contributed by atoms with Gasteiger partial charge in [0.25, 0.3) is 0 Å². The van der Waals surface area contributed by atoms with Crippen LogP contribution < -0.4 is 10.0 Å². The third-order valence-electron chi connectivity index (χ3n) is 2.15. The lowest BCUT2D eigenvalue weighted by Crippen LogP contribution is -2.34. The molecule has 0 bridgehead atoms. The highest BCUT2D eigenvalue weighted by atomic mass is 35.5. The first-order valence-electron chi connectivity index (χ1n) is 5.51. The van der Waals surface area contributed by atoms with Gasteiger partial charge in [0.2, 0.25) is 10.0 Å². The number of nitrogens with one attached hydrogen (secondary N) is 2. The topological polar surface area (TPSA) is 58.2 Å². The van der Waals surface area contributed by atoms with Crippen LogP contribution in [0.15, 0.2) is 23.1 Å². The van der Waals surface area contributed by atoms with Crippen LogP contribution in [0.25, 0.3) is 0 Å². The first-order valence-corrected chi connectivity index (χ1v) is 7.37. The van der Waals surface area contributed by atoms with Gasteiger partial charge in [0.1, 0.15) is 10.7 Å². The van der Waals surface area contributed by atoms with E-state index >= 15 is 0 Å². The molecule has 0 amide bonds. The van der Waals surface area contributed by atoms with Gasteiger partial charge in [-0.05, 0) is 18.2 Å². The molecule has 0 atom stereocenters. The van der Waals surface area contributed by atoms with E-state index in [1.54, 1.807) is 0 Å². The molecule has 1 aromatic carbocycles. The summed E-state index contributed by atoms with van der Waals surface area (Å²) in [4.78, 5) is -0.242. The zero-order chi connectivity index (χ0) is 13.8. The van der Waals surface area contributed by atoms with Crippen molar-refractivity contribution in [3.05, 3.63) is 29.0 Å². The Labute approximate surface area is 112 Å². The van der Waals surface area contributed by atoms with Crippen LogP contribution >= 0.6 is 11.6 Å². The molecule has 7 heteroatoms. The van der Waals surface area contributed by atoms with E-state index in [0.29, 0.717) is 6.54 Å². The number of hydrogen-bond acceptors (Lipinski definition) is 3. The fourth-order valence-electron chi connectivity index (χ4n) is 1.31. The summed E-state index contributed by atoms with van der Waals surface area (Å²) < 4.78 is 39.1. The van der Waals surface area contributed by atoms with Crippen molar-refractivity contribution in [1.82, 2.24) is 10.0 Å². The molecule has 18 heavy (non-hydrogen) atoms. The summed E-state index contributed by atoms with van der Waals surface area (Å²) in [5.74, 6) is -0.639. The van der Waals surface area contributed by atoms with Crippen molar-refractivity contribution in [2.75, 3.05) is 13.1 Å². The molecule has 0 aliphatic rings. The minimum absolute atomic E-state index is 0.000666. The monoisotopic (exact) mass is 294 g/mol. The van der Waals surface area contributed by atoms with E-state index in [-0.39, 0.29) is 22.5 Å². The molecule has 0 radical (unpaired) electrons. The molecule has 1 rings (SSSR count). The summed E-state index contributed by atoms with van der Waals surface area (Å²) in [5, 5.41) is 3.06. The summed E-state index contributed by atoms with van der Waals surface area (Å²) in [7, 11) is -3.77. The molecule has 0 spiro atoms. The van der Waals surface area contributed by atoms with Gasteiger partial charge in [-0.1, -0.05) is 25.4 Å². The summed E-state index contributed by atoms with van der Waals surface area (Å²) in [6.07, 6.45) is 0. The van der Waals surface area contributed by atoms with Crippen molar-refractivity contribution in [3.8, 4) is 0 Å². The van der Waals surface area contributed by atoms with Crippen LogP contribution in [-0.4, -0.2) is 27.5 Å². The molecule has 0 aliphatic carbocycles. The third kappa shape index (κ3) is 4.53. The Morgan fingerprint density at radius 3 is 2.61 bits per heavy atom. The molecule has 0 aliphatic heterocycles. The van der Waals surface area contributed by atoms with E-state index in [9.17, 15) is 12.8 Å². The van der Waals surface area contributed by atoms with Gasteiger partial charge in [0, 0.05) is 19.1 Å². The lowest BCUT2D eigenvalue weighted by Gasteiger charge is -2.10. The number of rotatable bonds is 6. The van der Waals surface area contributed by atoms with Gasteiger partial charge >= 0.3 is 0 Å². The molecule has 0 aromatic heterocycles. The number of hydrogen-bond donors (Lipinski definition) is 2. The average Bonchev–Trinajstić information content (AvgIpc) is 2.27. The fraction of sp³-hybridized carbons (Fsp3) is 0.455. The van der Waals surface area contributed by atoms with Gasteiger partial charge in [0.05, 0.1) is 5.02 Å². The van der Waals surface area contributed by atoms with Crippen LogP contribution in [0, 0.1) is 5.82 Å². The van der Waals surface area contributed by atoms with Crippen LogP contribution in [0.5, 0.6) is 0 Å². The van der Waals surface area contributed by atoms with Crippen LogP contribution in [0.1, 0.15) is 13.8 Å². The molecule has 4 nitrogen and oxygen atoms in total. The maximum atomic E-state index is 13.0. The van der Waals surface area contributed by atoms with E-state index in [1.807, 2.05) is 13.8 Å². The summed E-state index contributed by atoms with van der Waals surface area (Å²) in [6.45, 7) is 4.62. The molecular weight excluding hydrogens is 279 g/mol. The van der Waals surface area contributed by atoms with Gasteiger partial charge in [-0.15, -0.1) is 0 Å². The Bertz CT molecular complexity index is 506. The molecule has 2 N–H and O–H groups in total. The van der Waals surface area contributed by atoms with Crippen LogP contribution in [0.2, 0.25) is 5.02 Å². The standard InChI is InChI=1S/C11H16ClFN2O2S/c1-8(2)14-5-6-15-18(16,17)11-7-9(13)3-4-10(11)12/h3-4,7-8,14-15H,5-6H2,1-2H3. The zero-order valence-electron chi connectivity index (χ0n) is 10.2. The largest absolute Gasteiger partial charge is 0.313 e. The van der Waals surface area contributed by atoms with E-state index in [1.165, 1.54) is 6.07 Å². The maximum Gasteiger partial charge on any atom is 0.242 e. The lowest BCUT2D eigenvalue weighted by molar-refractivity contribution is 0.558. The molecule has 0 heterocycles. The molecule has 0 fully saturated rings. The van der Waals surface area contributed by atoms with Gasteiger partial charge in [-0.2, -0.15) is 0 Å². The fourth-order valence-corrected chi connectivity index (χ4v) is 2.85. The highest BCUT2D eigenvalue weighted by Crippen LogP contribution is 2.21. The van der Waals surface area contributed by atoms with E-state index in [2.05, 4.69) is 10.0 Å². The number of sulfonamides is 1. The number of benzene rings is 1. The molecule has 1 aromatic rings. The summed E-state index contributed by atoms with van der Waals surface area (Å²) in [6, 6.07) is 3.51. The minimum atomic E-state index is -3.77. The highest BCUT2D eigenvalue weighted by Gasteiger charge is 2.18. The summed E-state index contributed by atoms with van der Waals surface area (Å²) >= 11 is 5.74. The van der Waals surface area contributed by atoms with Crippen molar-refractivity contribution in [2.45, 2.75) is 24.8 Å². The van der Waals surface area contributed by atoms with Crippen molar-refractivity contribution in [2.24, 2.45) is 0 Å². The lowest BCUT2D eigenvalue weighted by atomic mass is 10.3. The second-order valence-electron chi connectivity index (χ2n) is 4.08. The summed E-state index contributed by atoms with van der Waals surface area (Å²) in [5.41, 5.74) is 0. The second-order valence-corrected chi connectivity index (χ2v) is 6.22. The first kappa shape index (κ1) is 15.4. The Kier molecular flexibility index (Phi) is 5.52. The van der Waals surface area contributed by atoms with Gasteiger partial charge in [-0.3, -0.25) is 0 Å². The van der Waals surface area contributed by atoms with E-state index in [0.717, 1.165) is 12.1 Å². The Morgan fingerprint density at radius 1 is 1.33 bits per heavy atom. The van der Waals surface area contributed by atoms with Crippen molar-refractivity contribution >= 4 is 21.6 Å². The Balaban J connectivity index is 2.71. The zero-order valence-corrected chi connectivity index (χ0v) is 11.8. The minimum Gasteiger partial charge on any atom is -0.313 e. The van der Waals surface area contributed by atoms with Crippen molar-refractivity contribution in [3.63, 3.8) is 0 Å². The van der Waals surface area contributed by atoms with Crippen LogP contribution in [0.3, 0.4) is 0 Å². The molecule has 0 unspecified atom stereocenters. The van der Waals surface area contributed by atoms with Crippen molar-refractivity contribution < 1.29 is 12.8 Å². The SMILES string of the molecule is CC(C)NCCNS(=O)(=O)c1cc(F)ccc1Cl. The molecular formula is C11H16ClFN2O2S. The maximum absolute atomic E-state index is 13.0. The predicted molar refractivity (Wildman–Crippen MR) is 69.7 cm³/mol. The highest BCUT2D eigenvalue weighted by molar-refractivity contribution is 7.89. The Hall–Kier alpha value is -0.690. The van der Waals surface area contributed by atoms with Gasteiger partial charge in [-0.25, -0.2) is 17.5 Å². The van der Waals surface area contributed by atoms with Crippen molar-refractivity contribution in [1.29, 1.82) is 0 Å². The quantitative estimate of drug-likeness (QED) is 0.786. The molecule has 0 saturated carbocycles. The molecule has 0 saturated heterocycles. The normalized spacial score (nSPS) is 12.1. The van der Waals surface area contributed by atoms with Crippen LogP contribution in [-0.2, 0) is 10.0 Å². The molecule has 102 valence electrons. The van der Waals surface area contributed by atoms with Gasteiger partial charge in [0.15, 0.2) is 0 Å². The third-order valence-corrected chi connectivity index (χ3v) is 4.10. The van der Waals surface area contributed by atoms with E-state index in [4.69, 9.17) is 11.6 Å². The van der Waals surface area contributed by atoms with Crippen LogP contribution in [0.4, 0.5) is 4.39 Å². The number of halogens is 2. The predicted octanol–water partition coefficient (Wildman–Crippen LogP) is 1.76. The Morgan fingerprint density at radius 2 is 2.00 bits per heavy atom. The van der Waals surface area contributed by atoms with E-state index < -0.39 is 15.8 Å². The smallest absolute Gasteiger partial charge is 0.242 e.